The molecule has 2 rings (SSSR count). The van der Waals surface area contributed by atoms with E-state index in [2.05, 4.69) is 41.3 Å². The molecule has 0 amide bonds. The second-order valence-electron chi connectivity index (χ2n) is 7.03. The van der Waals surface area contributed by atoms with Gasteiger partial charge in [-0.1, -0.05) is 6.92 Å². The van der Waals surface area contributed by atoms with Crippen LogP contribution in [0.3, 0.4) is 0 Å². The molecule has 1 aromatic heterocycles. The maximum Gasteiger partial charge on any atom is 0.240 e. The number of aromatic nitrogens is 2. The lowest BCUT2D eigenvalue weighted by Crippen LogP contribution is -2.27. The van der Waals surface area contributed by atoms with Gasteiger partial charge in [0.05, 0.1) is 22.0 Å². The van der Waals surface area contributed by atoms with E-state index in [0.717, 1.165) is 19.4 Å². The molecule has 0 fully saturated rings. The number of rotatable bonds is 12. The Kier molecular flexibility index (Phi) is 9.43. The Morgan fingerprint density at radius 2 is 1.93 bits per heavy atom. The van der Waals surface area contributed by atoms with Crippen LogP contribution in [0.25, 0.3) is 0 Å². The predicted octanol–water partition coefficient (Wildman–Crippen LogP) is 2.40. The fourth-order valence-electron chi connectivity index (χ4n) is 2.53. The Labute approximate surface area is 186 Å². The van der Waals surface area contributed by atoms with E-state index in [4.69, 9.17) is 0 Å². The normalized spacial score (nSPS) is 12.7. The van der Waals surface area contributed by atoms with Gasteiger partial charge in [-0.05, 0) is 73.7 Å². The van der Waals surface area contributed by atoms with Crippen LogP contribution in [0.5, 0.6) is 0 Å². The first-order valence-corrected chi connectivity index (χ1v) is 11.9. The van der Waals surface area contributed by atoms with E-state index in [1.54, 1.807) is 18.3 Å². The van der Waals surface area contributed by atoms with E-state index >= 15 is 0 Å². The standard InChI is InChI=1S/C19H29BrN6O3S/c1-4-14(13-27)23-18-17(20)12-21-19(25-18)24-15-6-8-16(9-7-15)30(28,29)22-10-5-11-26(2)3/h6-9,12,14,22,27H,4-5,10-11,13H2,1-3H3,(H2,21,23,24,25)/t14-/m1/s1. The van der Waals surface area contributed by atoms with Crippen molar-refractivity contribution in [3.8, 4) is 0 Å². The maximum absolute atomic E-state index is 12.4. The van der Waals surface area contributed by atoms with Crippen molar-refractivity contribution in [1.29, 1.82) is 0 Å². The number of benzene rings is 1. The Bertz CT molecular complexity index is 905. The Hall–Kier alpha value is -1.79. The molecule has 0 aliphatic rings. The monoisotopic (exact) mass is 500 g/mol. The lowest BCUT2D eigenvalue weighted by molar-refractivity contribution is 0.271. The third-order valence-corrected chi connectivity index (χ3v) is 6.35. The van der Waals surface area contributed by atoms with Gasteiger partial charge in [0.2, 0.25) is 16.0 Å². The third-order valence-electron chi connectivity index (χ3n) is 4.29. The average molecular weight is 501 g/mol. The van der Waals surface area contributed by atoms with Gasteiger partial charge in [0, 0.05) is 18.4 Å². The average Bonchev–Trinajstić information content (AvgIpc) is 2.72. The van der Waals surface area contributed by atoms with Crippen LogP contribution < -0.4 is 15.4 Å². The quantitative estimate of drug-likeness (QED) is 0.328. The lowest BCUT2D eigenvalue weighted by atomic mass is 10.2. The van der Waals surface area contributed by atoms with Gasteiger partial charge in [-0.3, -0.25) is 0 Å². The van der Waals surface area contributed by atoms with Crippen molar-refractivity contribution < 1.29 is 13.5 Å². The van der Waals surface area contributed by atoms with Gasteiger partial charge in [-0.25, -0.2) is 18.1 Å². The van der Waals surface area contributed by atoms with Crippen LogP contribution in [0.15, 0.2) is 39.8 Å². The van der Waals surface area contributed by atoms with E-state index in [9.17, 15) is 13.5 Å². The summed E-state index contributed by atoms with van der Waals surface area (Å²) in [6.45, 7) is 3.16. The molecule has 0 spiro atoms. The second-order valence-corrected chi connectivity index (χ2v) is 9.65. The molecular weight excluding hydrogens is 472 g/mol. The zero-order valence-corrected chi connectivity index (χ0v) is 19.8. The predicted molar refractivity (Wildman–Crippen MR) is 123 cm³/mol. The molecule has 0 aliphatic carbocycles. The number of nitrogens with zero attached hydrogens (tertiary/aromatic N) is 3. The van der Waals surface area contributed by atoms with Gasteiger partial charge in [-0.15, -0.1) is 0 Å². The Morgan fingerprint density at radius 3 is 2.53 bits per heavy atom. The van der Waals surface area contributed by atoms with Gasteiger partial charge in [0.15, 0.2) is 0 Å². The van der Waals surface area contributed by atoms with Crippen LogP contribution in [0.1, 0.15) is 19.8 Å². The first kappa shape index (κ1) is 24.5. The lowest BCUT2D eigenvalue weighted by Gasteiger charge is -2.16. The van der Waals surface area contributed by atoms with Gasteiger partial charge in [-0.2, -0.15) is 4.98 Å². The minimum Gasteiger partial charge on any atom is -0.394 e. The van der Waals surface area contributed by atoms with Crippen LogP contribution in [0.2, 0.25) is 0 Å². The van der Waals surface area contributed by atoms with Crippen LogP contribution in [0.4, 0.5) is 17.5 Å². The molecule has 1 atom stereocenters. The summed E-state index contributed by atoms with van der Waals surface area (Å²) in [5.74, 6) is 0.917. The molecule has 30 heavy (non-hydrogen) atoms. The molecule has 0 unspecified atom stereocenters. The molecule has 0 radical (unpaired) electrons. The highest BCUT2D eigenvalue weighted by atomic mass is 79.9. The van der Waals surface area contributed by atoms with Crippen molar-refractivity contribution >= 4 is 43.4 Å². The summed E-state index contributed by atoms with van der Waals surface area (Å²) in [5.41, 5.74) is 0.657. The number of halogens is 1. The number of nitrogens with one attached hydrogen (secondary N) is 3. The van der Waals surface area contributed by atoms with Gasteiger partial charge in [0.25, 0.3) is 0 Å². The van der Waals surface area contributed by atoms with Crippen LogP contribution in [-0.4, -0.2) is 68.2 Å². The first-order chi connectivity index (χ1) is 14.2. The molecule has 11 heteroatoms. The van der Waals surface area contributed by atoms with Crippen molar-refractivity contribution in [2.24, 2.45) is 0 Å². The summed E-state index contributed by atoms with van der Waals surface area (Å²) in [7, 11) is 0.348. The summed E-state index contributed by atoms with van der Waals surface area (Å²) in [4.78, 5) is 10.8. The SMILES string of the molecule is CC[C@H](CO)Nc1nc(Nc2ccc(S(=O)(=O)NCCCN(C)C)cc2)ncc1Br. The number of aliphatic hydroxyl groups is 1. The molecule has 0 saturated carbocycles. The molecule has 0 bridgehead atoms. The second kappa shape index (κ2) is 11.6. The van der Waals surface area contributed by atoms with E-state index in [-0.39, 0.29) is 17.5 Å². The van der Waals surface area contributed by atoms with E-state index in [1.165, 1.54) is 12.1 Å². The molecule has 0 saturated heterocycles. The minimum atomic E-state index is -3.55. The highest BCUT2D eigenvalue weighted by Crippen LogP contribution is 2.23. The van der Waals surface area contributed by atoms with Gasteiger partial charge < -0.3 is 20.6 Å². The van der Waals surface area contributed by atoms with Crippen LogP contribution >= 0.6 is 15.9 Å². The van der Waals surface area contributed by atoms with Gasteiger partial charge in [0.1, 0.15) is 5.82 Å². The number of hydrogen-bond donors (Lipinski definition) is 4. The molecule has 0 aliphatic heterocycles. The van der Waals surface area contributed by atoms with E-state index < -0.39 is 10.0 Å². The summed E-state index contributed by atoms with van der Waals surface area (Å²) >= 11 is 3.39. The highest BCUT2D eigenvalue weighted by Gasteiger charge is 2.14. The minimum absolute atomic E-state index is 0.00514. The number of hydrogen-bond acceptors (Lipinski definition) is 8. The fourth-order valence-corrected chi connectivity index (χ4v) is 3.91. The number of anilines is 3. The molecule has 2 aromatic rings. The molecule has 9 nitrogen and oxygen atoms in total. The summed E-state index contributed by atoms with van der Waals surface area (Å²) in [6.07, 6.45) is 3.09. The van der Waals surface area contributed by atoms with Crippen LogP contribution in [0, 0.1) is 0 Å². The topological polar surface area (TPSA) is 119 Å². The molecule has 4 N–H and O–H groups in total. The van der Waals surface area contributed by atoms with Crippen LogP contribution in [-0.2, 0) is 10.0 Å². The summed E-state index contributed by atoms with van der Waals surface area (Å²) < 4.78 is 28.1. The molecule has 166 valence electrons. The van der Waals surface area contributed by atoms with Crippen molar-refractivity contribution in [1.82, 2.24) is 19.6 Å². The Balaban J connectivity index is 2.03. The fraction of sp³-hybridized carbons (Fsp3) is 0.474. The largest absolute Gasteiger partial charge is 0.394 e. The van der Waals surface area contributed by atoms with Gasteiger partial charge >= 0.3 is 0 Å². The zero-order chi connectivity index (χ0) is 22.1. The highest BCUT2D eigenvalue weighted by molar-refractivity contribution is 9.10. The van der Waals surface area contributed by atoms with Crippen molar-refractivity contribution in [3.63, 3.8) is 0 Å². The molecule has 1 heterocycles. The number of aliphatic hydroxyl groups excluding tert-OH is 1. The molecular formula is C19H29BrN6O3S. The molecule has 1 aromatic carbocycles. The van der Waals surface area contributed by atoms with Crippen molar-refractivity contribution in [3.05, 3.63) is 34.9 Å². The number of sulfonamides is 1. The summed E-state index contributed by atoms with van der Waals surface area (Å²) in [6, 6.07) is 6.28. The summed E-state index contributed by atoms with van der Waals surface area (Å²) in [5, 5.41) is 15.6. The zero-order valence-electron chi connectivity index (χ0n) is 17.4. The third kappa shape index (κ3) is 7.47. The van der Waals surface area contributed by atoms with E-state index in [0.29, 0.717) is 28.5 Å². The maximum atomic E-state index is 12.4. The smallest absolute Gasteiger partial charge is 0.240 e. The van der Waals surface area contributed by atoms with E-state index in [1.807, 2.05) is 25.9 Å². The Morgan fingerprint density at radius 1 is 1.23 bits per heavy atom. The first-order valence-electron chi connectivity index (χ1n) is 9.66. The van der Waals surface area contributed by atoms with Crippen molar-refractivity contribution in [2.45, 2.75) is 30.7 Å². The van der Waals surface area contributed by atoms with Crippen molar-refractivity contribution in [2.75, 3.05) is 44.4 Å².